The molecule has 0 aromatic heterocycles. The third-order valence-electron chi connectivity index (χ3n) is 6.72. The summed E-state index contributed by atoms with van der Waals surface area (Å²) in [5.74, 6) is -1.87. The average Bonchev–Trinajstić information content (AvgIpc) is 3.32. The Morgan fingerprint density at radius 1 is 1.35 bits per heavy atom. The van der Waals surface area contributed by atoms with Crippen molar-refractivity contribution >= 4 is 46.8 Å². The minimum absolute atomic E-state index is 0.0335. The molecule has 1 spiro atoms. The molecule has 7 nitrogen and oxygen atoms in total. The summed E-state index contributed by atoms with van der Waals surface area (Å²) in [6.45, 7) is 4.25. The topological polar surface area (TPSA) is 95.9 Å². The van der Waals surface area contributed by atoms with Crippen molar-refractivity contribution in [2.45, 2.75) is 42.7 Å². The number of halogens is 1. The lowest BCUT2D eigenvalue weighted by Gasteiger charge is -2.38. The zero-order chi connectivity index (χ0) is 22.3. The van der Waals surface area contributed by atoms with Gasteiger partial charge in [-0.25, -0.2) is 0 Å². The quantitative estimate of drug-likeness (QED) is 0.599. The molecule has 2 N–H and O–H groups in total. The number of fused-ring (bicyclic) bond motifs is 1. The van der Waals surface area contributed by atoms with Crippen LogP contribution in [0, 0.1) is 17.8 Å². The van der Waals surface area contributed by atoms with Crippen LogP contribution in [0.2, 0.25) is 5.02 Å². The Morgan fingerprint density at radius 3 is 2.71 bits per heavy atom. The van der Waals surface area contributed by atoms with Gasteiger partial charge in [-0.2, -0.15) is 0 Å². The highest BCUT2D eigenvalue weighted by atomic mass is 35.5. The van der Waals surface area contributed by atoms with Crippen molar-refractivity contribution < 1.29 is 24.2 Å². The van der Waals surface area contributed by atoms with Crippen molar-refractivity contribution in [1.82, 2.24) is 4.90 Å². The average molecular weight is 467 g/mol. The lowest BCUT2D eigenvalue weighted by Crippen LogP contribution is -2.54. The van der Waals surface area contributed by atoms with Crippen LogP contribution in [-0.4, -0.2) is 63.6 Å². The summed E-state index contributed by atoms with van der Waals surface area (Å²) in [7, 11) is 0. The normalized spacial score (nSPS) is 33.5. The summed E-state index contributed by atoms with van der Waals surface area (Å²) in [4.78, 5) is 41.5. The lowest BCUT2D eigenvalue weighted by molar-refractivity contribution is -0.154. The van der Waals surface area contributed by atoms with E-state index in [9.17, 15) is 19.5 Å². The van der Waals surface area contributed by atoms with E-state index in [0.717, 1.165) is 6.42 Å². The molecular formula is C22H27ClN2O5S. The van der Waals surface area contributed by atoms with Gasteiger partial charge in [-0.1, -0.05) is 18.5 Å². The number of rotatable bonds is 7. The molecule has 168 valence electrons. The maximum absolute atomic E-state index is 13.6. The van der Waals surface area contributed by atoms with E-state index in [4.69, 9.17) is 16.3 Å². The highest BCUT2D eigenvalue weighted by molar-refractivity contribution is 8.02. The van der Waals surface area contributed by atoms with Crippen LogP contribution in [0.4, 0.5) is 5.69 Å². The second-order valence-electron chi connectivity index (χ2n) is 8.41. The fourth-order valence-electron chi connectivity index (χ4n) is 5.55. The number of nitrogens with zero attached hydrogens (tertiary/aromatic N) is 1. The molecule has 3 fully saturated rings. The fraction of sp³-hybridized carbons (Fsp3) is 0.591. The van der Waals surface area contributed by atoms with Crippen LogP contribution in [-0.2, 0) is 19.1 Å². The zero-order valence-corrected chi connectivity index (χ0v) is 19.1. The predicted octanol–water partition coefficient (Wildman–Crippen LogP) is 2.56. The van der Waals surface area contributed by atoms with Crippen LogP contribution in [0.25, 0.3) is 0 Å². The summed E-state index contributed by atoms with van der Waals surface area (Å²) in [5, 5.41) is 12.8. The van der Waals surface area contributed by atoms with Crippen molar-refractivity contribution in [3.8, 4) is 0 Å². The van der Waals surface area contributed by atoms with Crippen LogP contribution >= 0.6 is 23.4 Å². The van der Waals surface area contributed by atoms with E-state index >= 15 is 0 Å². The number of hydrogen-bond donors (Lipinski definition) is 2. The number of nitrogens with one attached hydrogen (secondary N) is 1. The van der Waals surface area contributed by atoms with Crippen LogP contribution in [0.5, 0.6) is 0 Å². The van der Waals surface area contributed by atoms with Crippen LogP contribution in [0.3, 0.4) is 0 Å². The first kappa shape index (κ1) is 22.4. The molecule has 4 rings (SSSR count). The number of anilines is 1. The number of likely N-dealkylation sites (tertiary alicyclic amines) is 1. The third-order valence-corrected chi connectivity index (χ3v) is 9.05. The molecule has 3 aliphatic rings. The molecule has 3 saturated heterocycles. The van der Waals surface area contributed by atoms with Gasteiger partial charge in [0.1, 0.15) is 6.04 Å². The first-order valence-electron chi connectivity index (χ1n) is 10.7. The van der Waals surface area contributed by atoms with Gasteiger partial charge in [0.15, 0.2) is 0 Å². The maximum Gasteiger partial charge on any atom is 0.310 e. The number of amides is 2. The molecule has 9 heteroatoms. The molecule has 3 unspecified atom stereocenters. The second-order valence-corrected chi connectivity index (χ2v) is 10.4. The van der Waals surface area contributed by atoms with Crippen molar-refractivity contribution in [1.29, 1.82) is 0 Å². The minimum atomic E-state index is -0.725. The van der Waals surface area contributed by atoms with Gasteiger partial charge in [0.2, 0.25) is 11.8 Å². The highest BCUT2D eigenvalue weighted by Gasteiger charge is 2.76. The summed E-state index contributed by atoms with van der Waals surface area (Å²) >= 11 is 7.55. The first-order chi connectivity index (χ1) is 14.8. The van der Waals surface area contributed by atoms with Crippen LogP contribution < -0.4 is 5.32 Å². The standard InChI is InChI=1S/C22H27ClN2O5S/c1-3-30-21(29)16-15-11-12(2)22(31-15)17(16)20(28)25(9-4-10-26)18(22)19(27)24-14-7-5-13(23)6-8-14/h5-8,12,15-18,26H,3-4,9-11H2,1-2H3,(H,24,27)/t12?,15-,16+,17-,18?,22?/m0/s1. The van der Waals surface area contributed by atoms with E-state index in [1.807, 2.05) is 0 Å². The molecule has 0 aliphatic carbocycles. The largest absolute Gasteiger partial charge is 0.466 e. The summed E-state index contributed by atoms with van der Waals surface area (Å²) in [6.07, 6.45) is 1.13. The van der Waals surface area contributed by atoms with E-state index < -0.39 is 22.6 Å². The first-order valence-corrected chi connectivity index (χ1v) is 11.9. The van der Waals surface area contributed by atoms with Gasteiger partial charge in [0.25, 0.3) is 0 Å². The second kappa shape index (κ2) is 8.64. The Labute approximate surface area is 190 Å². The van der Waals surface area contributed by atoms with Crippen LogP contribution in [0.15, 0.2) is 24.3 Å². The van der Waals surface area contributed by atoms with E-state index in [-0.39, 0.29) is 48.7 Å². The summed E-state index contributed by atoms with van der Waals surface area (Å²) < 4.78 is 4.62. The number of carbonyl (C=O) groups excluding carboxylic acids is 3. The number of benzene rings is 1. The number of ether oxygens (including phenoxy) is 1. The Hall–Kier alpha value is -1.77. The number of hydrogen-bond acceptors (Lipinski definition) is 6. The Bertz CT molecular complexity index is 881. The molecule has 1 aromatic rings. The predicted molar refractivity (Wildman–Crippen MR) is 119 cm³/mol. The van der Waals surface area contributed by atoms with Gasteiger partial charge in [-0.3, -0.25) is 14.4 Å². The van der Waals surface area contributed by atoms with E-state index in [2.05, 4.69) is 12.2 Å². The molecule has 2 amide bonds. The molecule has 0 radical (unpaired) electrons. The van der Waals surface area contributed by atoms with Gasteiger partial charge >= 0.3 is 5.97 Å². The SMILES string of the molecule is CCOC(=O)[C@@H]1[C@@H]2CC(C)C3(S2)C(C(=O)Nc2ccc(Cl)cc2)N(CCCO)C(=O)[C@H]13. The van der Waals surface area contributed by atoms with Crippen LogP contribution in [0.1, 0.15) is 26.7 Å². The van der Waals surface area contributed by atoms with Crippen molar-refractivity contribution in [2.24, 2.45) is 17.8 Å². The van der Waals surface area contributed by atoms with Gasteiger partial charge in [-0.15, -0.1) is 11.8 Å². The number of carbonyl (C=O) groups is 3. The molecule has 1 aromatic carbocycles. The molecule has 3 heterocycles. The number of aliphatic hydroxyl groups excluding tert-OH is 1. The Kier molecular flexibility index (Phi) is 6.25. The molecular weight excluding hydrogens is 440 g/mol. The Morgan fingerprint density at radius 2 is 2.06 bits per heavy atom. The van der Waals surface area contributed by atoms with Gasteiger partial charge in [-0.05, 0) is 49.9 Å². The maximum atomic E-state index is 13.6. The number of thioether (sulfide) groups is 1. The van der Waals surface area contributed by atoms with Gasteiger partial charge < -0.3 is 20.1 Å². The molecule has 2 bridgehead atoms. The van der Waals surface area contributed by atoms with Crippen molar-refractivity contribution in [3.05, 3.63) is 29.3 Å². The zero-order valence-electron chi connectivity index (χ0n) is 17.5. The highest BCUT2D eigenvalue weighted by Crippen LogP contribution is 2.68. The molecule has 6 atom stereocenters. The van der Waals surface area contributed by atoms with Gasteiger partial charge in [0, 0.05) is 29.1 Å². The Balaban J connectivity index is 1.71. The smallest absolute Gasteiger partial charge is 0.310 e. The monoisotopic (exact) mass is 466 g/mol. The van der Waals surface area contributed by atoms with Crippen molar-refractivity contribution in [3.63, 3.8) is 0 Å². The van der Waals surface area contributed by atoms with E-state index in [1.54, 1.807) is 47.9 Å². The van der Waals surface area contributed by atoms with E-state index in [0.29, 0.717) is 17.1 Å². The summed E-state index contributed by atoms with van der Waals surface area (Å²) in [6, 6.07) is 6.09. The fourth-order valence-corrected chi connectivity index (χ4v) is 8.09. The van der Waals surface area contributed by atoms with Crippen molar-refractivity contribution in [2.75, 3.05) is 25.1 Å². The third kappa shape index (κ3) is 3.52. The molecule has 3 aliphatic heterocycles. The number of esters is 1. The minimum Gasteiger partial charge on any atom is -0.466 e. The van der Waals surface area contributed by atoms with E-state index in [1.165, 1.54) is 0 Å². The van der Waals surface area contributed by atoms with Gasteiger partial charge in [0.05, 0.1) is 23.2 Å². The number of aliphatic hydroxyl groups is 1. The summed E-state index contributed by atoms with van der Waals surface area (Å²) in [5.41, 5.74) is 0.593. The molecule has 31 heavy (non-hydrogen) atoms. The lowest BCUT2D eigenvalue weighted by atomic mass is 9.66. The molecule has 0 saturated carbocycles.